The third-order valence-corrected chi connectivity index (χ3v) is 4.23. The number of ether oxygens (including phenoxy) is 1. The van der Waals surface area contributed by atoms with Gasteiger partial charge in [-0.2, -0.15) is 4.98 Å². The van der Waals surface area contributed by atoms with Crippen LogP contribution in [-0.4, -0.2) is 23.2 Å². The molecule has 7 nitrogen and oxygen atoms in total. The SMILES string of the molecule is COc1ccccc1C(NC(=O)CCc1ccccc1N)c1noc(C)n1.Cl. The van der Waals surface area contributed by atoms with Gasteiger partial charge in [0.05, 0.1) is 7.11 Å². The highest BCUT2D eigenvalue weighted by atomic mass is 35.5. The average molecular weight is 403 g/mol. The van der Waals surface area contributed by atoms with E-state index in [9.17, 15) is 4.79 Å². The molecule has 0 fully saturated rings. The van der Waals surface area contributed by atoms with Gasteiger partial charge in [0.2, 0.25) is 11.8 Å². The number of hydrogen-bond donors (Lipinski definition) is 2. The molecule has 0 aliphatic heterocycles. The van der Waals surface area contributed by atoms with Crippen molar-refractivity contribution in [1.29, 1.82) is 0 Å². The zero-order chi connectivity index (χ0) is 19.2. The molecular formula is C20H23ClN4O3. The summed E-state index contributed by atoms with van der Waals surface area (Å²) in [6.07, 6.45) is 0.832. The molecule has 148 valence electrons. The number of nitrogen functional groups attached to an aromatic ring is 1. The summed E-state index contributed by atoms with van der Waals surface area (Å²) in [4.78, 5) is 16.9. The van der Waals surface area contributed by atoms with Crippen LogP contribution in [-0.2, 0) is 11.2 Å². The molecule has 0 aliphatic carbocycles. The molecule has 1 heterocycles. The number of amides is 1. The van der Waals surface area contributed by atoms with Crippen molar-refractivity contribution in [1.82, 2.24) is 15.5 Å². The largest absolute Gasteiger partial charge is 0.496 e. The minimum Gasteiger partial charge on any atom is -0.496 e. The molecule has 0 saturated heterocycles. The number of nitrogens with zero attached hydrogens (tertiary/aromatic N) is 2. The summed E-state index contributed by atoms with van der Waals surface area (Å²) >= 11 is 0. The lowest BCUT2D eigenvalue weighted by atomic mass is 10.0. The van der Waals surface area contributed by atoms with E-state index in [2.05, 4.69) is 15.5 Å². The quantitative estimate of drug-likeness (QED) is 0.588. The van der Waals surface area contributed by atoms with E-state index >= 15 is 0 Å². The van der Waals surface area contributed by atoms with Gasteiger partial charge in [0.1, 0.15) is 11.8 Å². The molecule has 0 bridgehead atoms. The van der Waals surface area contributed by atoms with Gasteiger partial charge in [-0.15, -0.1) is 12.4 Å². The van der Waals surface area contributed by atoms with Crippen LogP contribution >= 0.6 is 12.4 Å². The number of nitrogens with two attached hydrogens (primary N) is 1. The zero-order valence-corrected chi connectivity index (χ0v) is 16.5. The van der Waals surface area contributed by atoms with E-state index in [1.807, 2.05) is 48.5 Å². The standard InChI is InChI=1S/C20H22N4O3.ClH/c1-13-22-20(24-27-13)19(15-8-4-6-10-17(15)26-2)23-18(25)12-11-14-7-3-5-9-16(14)21;/h3-10,19H,11-12,21H2,1-2H3,(H,23,25);1H. The zero-order valence-electron chi connectivity index (χ0n) is 15.7. The van der Waals surface area contributed by atoms with Crippen molar-refractivity contribution in [3.63, 3.8) is 0 Å². The molecule has 0 aliphatic rings. The van der Waals surface area contributed by atoms with E-state index in [0.29, 0.717) is 29.6 Å². The van der Waals surface area contributed by atoms with Gasteiger partial charge in [-0.3, -0.25) is 4.79 Å². The van der Waals surface area contributed by atoms with Gasteiger partial charge >= 0.3 is 0 Å². The maximum absolute atomic E-state index is 12.6. The summed E-state index contributed by atoms with van der Waals surface area (Å²) in [6, 6.07) is 14.4. The van der Waals surface area contributed by atoms with Gasteiger partial charge < -0.3 is 20.3 Å². The number of aromatic nitrogens is 2. The molecule has 1 unspecified atom stereocenters. The van der Waals surface area contributed by atoms with Crippen LogP contribution in [0.15, 0.2) is 53.1 Å². The van der Waals surface area contributed by atoms with Crippen LogP contribution in [0, 0.1) is 6.92 Å². The summed E-state index contributed by atoms with van der Waals surface area (Å²) in [5, 5.41) is 6.96. The summed E-state index contributed by atoms with van der Waals surface area (Å²) in [6.45, 7) is 1.70. The Bertz CT molecular complexity index is 929. The van der Waals surface area contributed by atoms with Gasteiger partial charge in [-0.25, -0.2) is 0 Å². The lowest BCUT2D eigenvalue weighted by molar-refractivity contribution is -0.121. The summed E-state index contributed by atoms with van der Waals surface area (Å²) in [5.41, 5.74) is 8.33. The van der Waals surface area contributed by atoms with Crippen molar-refractivity contribution in [3.8, 4) is 5.75 Å². The van der Waals surface area contributed by atoms with Crippen LogP contribution < -0.4 is 15.8 Å². The molecule has 1 aromatic heterocycles. The second kappa shape index (κ2) is 9.75. The number of para-hydroxylation sites is 2. The molecule has 1 atom stereocenters. The van der Waals surface area contributed by atoms with Crippen molar-refractivity contribution in [2.45, 2.75) is 25.8 Å². The average Bonchev–Trinajstić information content (AvgIpc) is 3.11. The number of carbonyl (C=O) groups is 1. The Hall–Kier alpha value is -3.06. The van der Waals surface area contributed by atoms with E-state index in [1.54, 1.807) is 14.0 Å². The first-order valence-electron chi connectivity index (χ1n) is 8.64. The van der Waals surface area contributed by atoms with Crippen molar-refractivity contribution in [2.75, 3.05) is 12.8 Å². The Labute approximate surface area is 169 Å². The van der Waals surface area contributed by atoms with Crippen LogP contribution in [0.4, 0.5) is 5.69 Å². The first-order valence-corrected chi connectivity index (χ1v) is 8.64. The Balaban J connectivity index is 0.00000280. The van der Waals surface area contributed by atoms with Gasteiger partial charge in [0.15, 0.2) is 5.82 Å². The molecule has 8 heteroatoms. The minimum absolute atomic E-state index is 0. The third-order valence-electron chi connectivity index (χ3n) is 4.23. The smallest absolute Gasteiger partial charge is 0.223 e. The van der Waals surface area contributed by atoms with Crippen molar-refractivity contribution >= 4 is 24.0 Å². The van der Waals surface area contributed by atoms with Gasteiger partial charge in [-0.05, 0) is 24.1 Å². The second-order valence-corrected chi connectivity index (χ2v) is 6.11. The Morgan fingerprint density at radius 1 is 1.21 bits per heavy atom. The number of aryl methyl sites for hydroxylation is 2. The summed E-state index contributed by atoms with van der Waals surface area (Å²) in [7, 11) is 1.58. The van der Waals surface area contributed by atoms with Crippen LogP contribution in [0.25, 0.3) is 0 Å². The molecule has 3 N–H and O–H groups in total. The number of nitrogens with one attached hydrogen (secondary N) is 1. The first-order chi connectivity index (χ1) is 13.1. The Morgan fingerprint density at radius 3 is 2.61 bits per heavy atom. The lowest BCUT2D eigenvalue weighted by Crippen LogP contribution is -2.30. The van der Waals surface area contributed by atoms with Crippen LogP contribution in [0.1, 0.15) is 35.3 Å². The third kappa shape index (κ3) is 5.01. The van der Waals surface area contributed by atoms with Crippen LogP contribution in [0.5, 0.6) is 5.75 Å². The van der Waals surface area contributed by atoms with Gasteiger partial charge in [-0.1, -0.05) is 41.6 Å². The predicted molar refractivity (Wildman–Crippen MR) is 108 cm³/mol. The van der Waals surface area contributed by atoms with Crippen LogP contribution in [0.3, 0.4) is 0 Å². The van der Waals surface area contributed by atoms with E-state index in [4.69, 9.17) is 15.0 Å². The molecule has 3 rings (SSSR count). The Morgan fingerprint density at radius 2 is 1.93 bits per heavy atom. The van der Waals surface area contributed by atoms with Crippen molar-refractivity contribution < 1.29 is 14.1 Å². The highest BCUT2D eigenvalue weighted by Crippen LogP contribution is 2.28. The van der Waals surface area contributed by atoms with Gasteiger partial charge in [0, 0.05) is 24.6 Å². The van der Waals surface area contributed by atoms with E-state index in [-0.39, 0.29) is 24.7 Å². The maximum Gasteiger partial charge on any atom is 0.223 e. The highest BCUT2D eigenvalue weighted by Gasteiger charge is 2.24. The number of carbonyl (C=O) groups excluding carboxylic acids is 1. The molecule has 0 saturated carbocycles. The molecular weight excluding hydrogens is 380 g/mol. The van der Waals surface area contributed by atoms with E-state index in [0.717, 1.165) is 11.1 Å². The van der Waals surface area contributed by atoms with Gasteiger partial charge in [0.25, 0.3) is 0 Å². The molecule has 1 amide bonds. The fraction of sp³-hybridized carbons (Fsp3) is 0.250. The molecule has 3 aromatic rings. The van der Waals surface area contributed by atoms with Crippen molar-refractivity contribution in [2.24, 2.45) is 0 Å². The number of rotatable bonds is 7. The second-order valence-electron chi connectivity index (χ2n) is 6.11. The topological polar surface area (TPSA) is 103 Å². The molecule has 0 spiro atoms. The normalized spacial score (nSPS) is 11.4. The number of methoxy groups -OCH3 is 1. The number of halogens is 1. The highest BCUT2D eigenvalue weighted by molar-refractivity contribution is 5.85. The minimum atomic E-state index is -0.570. The first kappa shape index (κ1) is 21.2. The molecule has 2 aromatic carbocycles. The monoisotopic (exact) mass is 402 g/mol. The summed E-state index contributed by atoms with van der Waals surface area (Å²) < 4.78 is 10.5. The summed E-state index contributed by atoms with van der Waals surface area (Å²) in [5.74, 6) is 1.30. The molecule has 28 heavy (non-hydrogen) atoms. The number of anilines is 1. The molecule has 0 radical (unpaired) electrons. The van der Waals surface area contributed by atoms with Crippen molar-refractivity contribution in [3.05, 3.63) is 71.4 Å². The van der Waals surface area contributed by atoms with Crippen LogP contribution in [0.2, 0.25) is 0 Å². The van der Waals surface area contributed by atoms with E-state index < -0.39 is 6.04 Å². The predicted octanol–water partition coefficient (Wildman–Crippen LogP) is 3.23. The number of benzene rings is 2. The maximum atomic E-state index is 12.6. The van der Waals surface area contributed by atoms with E-state index in [1.165, 1.54) is 0 Å². The fourth-order valence-corrected chi connectivity index (χ4v) is 2.86. The number of hydrogen-bond acceptors (Lipinski definition) is 6. The Kier molecular flexibility index (Phi) is 7.40. The fourth-order valence-electron chi connectivity index (χ4n) is 2.86. The lowest BCUT2D eigenvalue weighted by Gasteiger charge is -2.18.